The number of methoxy groups -OCH3 is 1. The summed E-state index contributed by atoms with van der Waals surface area (Å²) < 4.78 is 18.0. The largest absolute Gasteiger partial charge is 0.494 e. The fourth-order valence-electron chi connectivity index (χ4n) is 1.26. The molecule has 4 N–H and O–H groups in total. The zero-order chi connectivity index (χ0) is 14.4. The highest BCUT2D eigenvalue weighted by atomic mass is 19.1. The quantitative estimate of drug-likeness (QED) is 0.620. The highest BCUT2D eigenvalue weighted by Crippen LogP contribution is 2.20. The number of carboxylic acids is 1. The first-order valence-electron chi connectivity index (χ1n) is 5.22. The standard InChI is InChI=1S/C11H13FN2O5/c1-19-9-3-2-6(4-7(9)12)13-11(18)14-8(5-15)10(16)17/h2-4,8,15H,5H2,1H3,(H,16,17)(H2,13,14,18)/t8-/m0/s1. The molecular weight excluding hydrogens is 259 g/mol. The fraction of sp³-hybridized carbons (Fsp3) is 0.273. The van der Waals surface area contributed by atoms with E-state index in [4.69, 9.17) is 14.9 Å². The molecule has 8 heteroatoms. The Morgan fingerprint density at radius 2 is 2.16 bits per heavy atom. The van der Waals surface area contributed by atoms with Crippen LogP contribution in [0.2, 0.25) is 0 Å². The normalized spacial score (nSPS) is 11.5. The lowest BCUT2D eigenvalue weighted by atomic mass is 10.3. The molecule has 0 radical (unpaired) electrons. The van der Waals surface area contributed by atoms with Gasteiger partial charge in [0.1, 0.15) is 0 Å². The van der Waals surface area contributed by atoms with Crippen LogP contribution >= 0.6 is 0 Å². The Labute approximate surface area is 108 Å². The Morgan fingerprint density at radius 3 is 2.63 bits per heavy atom. The minimum atomic E-state index is -1.43. The molecule has 0 spiro atoms. The number of anilines is 1. The lowest BCUT2D eigenvalue weighted by Gasteiger charge is -2.13. The zero-order valence-corrected chi connectivity index (χ0v) is 10.0. The number of urea groups is 1. The average Bonchev–Trinajstić information content (AvgIpc) is 2.35. The summed E-state index contributed by atoms with van der Waals surface area (Å²) in [6, 6.07) is 1.42. The fourth-order valence-corrected chi connectivity index (χ4v) is 1.26. The van der Waals surface area contributed by atoms with Crippen LogP contribution in [0.25, 0.3) is 0 Å². The van der Waals surface area contributed by atoms with E-state index in [1.54, 1.807) is 0 Å². The smallest absolute Gasteiger partial charge is 0.328 e. The summed E-state index contributed by atoms with van der Waals surface area (Å²) in [4.78, 5) is 22.0. The van der Waals surface area contributed by atoms with Gasteiger partial charge >= 0.3 is 12.0 Å². The summed E-state index contributed by atoms with van der Waals surface area (Å²) in [6.07, 6.45) is 0. The van der Waals surface area contributed by atoms with Crippen LogP contribution in [-0.4, -0.2) is 42.0 Å². The van der Waals surface area contributed by atoms with E-state index in [2.05, 4.69) is 5.32 Å². The Balaban J connectivity index is 2.67. The van der Waals surface area contributed by atoms with Gasteiger partial charge in [-0.3, -0.25) is 0 Å². The van der Waals surface area contributed by atoms with Crippen molar-refractivity contribution in [3.63, 3.8) is 0 Å². The van der Waals surface area contributed by atoms with Gasteiger partial charge in [-0.25, -0.2) is 14.0 Å². The number of carboxylic acid groups (broad SMARTS) is 1. The molecule has 2 amide bonds. The van der Waals surface area contributed by atoms with E-state index in [0.717, 1.165) is 6.07 Å². The maximum absolute atomic E-state index is 13.3. The van der Waals surface area contributed by atoms with Gasteiger partial charge < -0.3 is 25.6 Å². The number of nitrogens with one attached hydrogen (secondary N) is 2. The second-order valence-electron chi connectivity index (χ2n) is 3.52. The van der Waals surface area contributed by atoms with E-state index in [1.807, 2.05) is 5.32 Å². The summed E-state index contributed by atoms with van der Waals surface area (Å²) in [7, 11) is 1.30. The highest BCUT2D eigenvalue weighted by Gasteiger charge is 2.18. The van der Waals surface area contributed by atoms with Crippen molar-refractivity contribution in [2.45, 2.75) is 6.04 Å². The number of amides is 2. The predicted molar refractivity (Wildman–Crippen MR) is 63.6 cm³/mol. The lowest BCUT2D eigenvalue weighted by molar-refractivity contribution is -0.140. The van der Waals surface area contributed by atoms with Gasteiger partial charge in [-0.05, 0) is 12.1 Å². The zero-order valence-electron chi connectivity index (χ0n) is 10.0. The Morgan fingerprint density at radius 1 is 1.47 bits per heavy atom. The van der Waals surface area contributed by atoms with E-state index >= 15 is 0 Å². The number of rotatable bonds is 5. The van der Waals surface area contributed by atoms with E-state index in [-0.39, 0.29) is 11.4 Å². The van der Waals surface area contributed by atoms with Gasteiger partial charge in [0.25, 0.3) is 0 Å². The third kappa shape index (κ3) is 4.11. The van der Waals surface area contributed by atoms with Crippen molar-refractivity contribution in [3.8, 4) is 5.75 Å². The van der Waals surface area contributed by atoms with Crippen LogP contribution in [0.15, 0.2) is 18.2 Å². The summed E-state index contributed by atoms with van der Waals surface area (Å²) in [5.74, 6) is -2.03. The first-order chi connectivity index (χ1) is 8.97. The van der Waals surface area contributed by atoms with Crippen molar-refractivity contribution < 1.29 is 28.9 Å². The molecule has 19 heavy (non-hydrogen) atoms. The number of benzene rings is 1. The molecule has 0 fully saturated rings. The molecule has 1 aromatic rings. The van der Waals surface area contributed by atoms with Crippen molar-refractivity contribution in [2.24, 2.45) is 0 Å². The van der Waals surface area contributed by atoms with Gasteiger partial charge in [0.15, 0.2) is 17.6 Å². The number of hydrogen-bond acceptors (Lipinski definition) is 4. The van der Waals surface area contributed by atoms with Gasteiger partial charge in [0.2, 0.25) is 0 Å². The first kappa shape index (κ1) is 14.7. The minimum Gasteiger partial charge on any atom is -0.494 e. The third-order valence-corrected chi connectivity index (χ3v) is 2.20. The molecule has 0 saturated carbocycles. The highest BCUT2D eigenvalue weighted by molar-refractivity contribution is 5.92. The molecule has 0 heterocycles. The second-order valence-corrected chi connectivity index (χ2v) is 3.52. The van der Waals surface area contributed by atoms with Crippen molar-refractivity contribution in [1.29, 1.82) is 0 Å². The van der Waals surface area contributed by atoms with Crippen LogP contribution in [0, 0.1) is 5.82 Å². The van der Waals surface area contributed by atoms with Gasteiger partial charge in [0.05, 0.1) is 13.7 Å². The molecule has 0 aliphatic heterocycles. The van der Waals surface area contributed by atoms with Gasteiger partial charge in [-0.1, -0.05) is 0 Å². The summed E-state index contributed by atoms with van der Waals surface area (Å²) in [6.45, 7) is -0.750. The molecule has 1 rings (SSSR count). The summed E-state index contributed by atoms with van der Waals surface area (Å²) in [5, 5.41) is 21.6. The molecule has 104 valence electrons. The number of ether oxygens (including phenoxy) is 1. The Bertz CT molecular complexity index is 480. The average molecular weight is 272 g/mol. The van der Waals surface area contributed by atoms with Crippen LogP contribution in [0.4, 0.5) is 14.9 Å². The predicted octanol–water partition coefficient (Wildman–Crippen LogP) is 0.401. The number of aliphatic hydroxyl groups excluding tert-OH is 1. The first-order valence-corrected chi connectivity index (χ1v) is 5.22. The van der Waals surface area contributed by atoms with E-state index in [9.17, 15) is 14.0 Å². The second kappa shape index (κ2) is 6.55. The number of halogens is 1. The van der Waals surface area contributed by atoms with E-state index in [1.165, 1.54) is 19.2 Å². The number of carbonyl (C=O) groups is 2. The molecule has 7 nitrogen and oxygen atoms in total. The van der Waals surface area contributed by atoms with E-state index < -0.39 is 30.5 Å². The van der Waals surface area contributed by atoms with Crippen molar-refractivity contribution >= 4 is 17.7 Å². The molecule has 0 bridgehead atoms. The van der Waals surface area contributed by atoms with Gasteiger partial charge in [0, 0.05) is 11.8 Å². The van der Waals surface area contributed by atoms with E-state index in [0.29, 0.717) is 0 Å². The van der Waals surface area contributed by atoms with Crippen LogP contribution < -0.4 is 15.4 Å². The summed E-state index contributed by atoms with van der Waals surface area (Å²) in [5.41, 5.74) is 0.123. The monoisotopic (exact) mass is 272 g/mol. The van der Waals surface area contributed by atoms with Crippen LogP contribution in [-0.2, 0) is 4.79 Å². The molecule has 0 aliphatic carbocycles. The molecular formula is C11H13FN2O5. The molecule has 0 unspecified atom stereocenters. The van der Waals surface area contributed by atoms with Crippen LogP contribution in [0.5, 0.6) is 5.75 Å². The maximum atomic E-state index is 13.3. The van der Waals surface area contributed by atoms with Crippen molar-refractivity contribution in [2.75, 3.05) is 19.0 Å². The molecule has 1 aromatic carbocycles. The molecule has 0 aliphatic rings. The maximum Gasteiger partial charge on any atom is 0.328 e. The number of aliphatic carboxylic acids is 1. The lowest BCUT2D eigenvalue weighted by Crippen LogP contribution is -2.45. The number of hydrogen-bond donors (Lipinski definition) is 4. The molecule has 0 aromatic heterocycles. The number of carbonyl (C=O) groups excluding carboxylic acids is 1. The third-order valence-electron chi connectivity index (χ3n) is 2.20. The minimum absolute atomic E-state index is 0.0183. The van der Waals surface area contributed by atoms with Crippen LogP contribution in [0.1, 0.15) is 0 Å². The SMILES string of the molecule is COc1ccc(NC(=O)N[C@@H](CO)C(=O)O)cc1F. The van der Waals surface area contributed by atoms with Crippen LogP contribution in [0.3, 0.4) is 0 Å². The molecule has 0 saturated heterocycles. The number of aliphatic hydroxyl groups is 1. The molecule has 1 atom stereocenters. The van der Waals surface area contributed by atoms with Crippen molar-refractivity contribution in [3.05, 3.63) is 24.0 Å². The van der Waals surface area contributed by atoms with Gasteiger partial charge in [-0.15, -0.1) is 0 Å². The Hall–Kier alpha value is -2.35. The summed E-state index contributed by atoms with van der Waals surface area (Å²) >= 11 is 0. The Kier molecular flexibility index (Phi) is 5.07. The topological polar surface area (TPSA) is 108 Å². The van der Waals surface area contributed by atoms with Crippen molar-refractivity contribution in [1.82, 2.24) is 5.32 Å². The van der Waals surface area contributed by atoms with Gasteiger partial charge in [-0.2, -0.15) is 0 Å².